The van der Waals surface area contributed by atoms with Crippen LogP contribution in [-0.2, 0) is 19.1 Å². The third kappa shape index (κ3) is 4.54. The standard InChI is InChI=1S/C25H36N2O6/c1-2-32-23(30)19-17-25(11-5-6-12-26(13-14-28)24(25)31)27(22(19)20-10-7-15-33-20)21(29)16-18-8-3-4-9-18/h7,10,15,18-19,22,28H,2-6,8-9,11-14,16-17H2,1H3/t19-,22+,25-/m0/s1. The highest BCUT2D eigenvalue weighted by atomic mass is 16.5. The van der Waals surface area contributed by atoms with Crippen molar-refractivity contribution in [1.29, 1.82) is 0 Å². The largest absolute Gasteiger partial charge is 0.467 e. The van der Waals surface area contributed by atoms with Crippen LogP contribution in [0.2, 0.25) is 0 Å². The molecule has 0 radical (unpaired) electrons. The van der Waals surface area contributed by atoms with Crippen LogP contribution in [0.15, 0.2) is 22.8 Å². The van der Waals surface area contributed by atoms with Crippen LogP contribution in [-0.4, -0.2) is 64.5 Å². The lowest BCUT2D eigenvalue weighted by Crippen LogP contribution is -2.58. The number of furan rings is 1. The van der Waals surface area contributed by atoms with Gasteiger partial charge in [0.15, 0.2) is 0 Å². The first kappa shape index (κ1) is 23.8. The summed E-state index contributed by atoms with van der Waals surface area (Å²) in [6, 6.07) is 2.85. The number of nitrogens with zero attached hydrogens (tertiary/aromatic N) is 2. The monoisotopic (exact) mass is 460 g/mol. The highest BCUT2D eigenvalue weighted by Gasteiger charge is 2.62. The molecule has 1 spiro atoms. The van der Waals surface area contributed by atoms with Gasteiger partial charge in [-0.15, -0.1) is 0 Å². The number of aliphatic hydroxyl groups is 1. The molecular weight excluding hydrogens is 424 g/mol. The quantitative estimate of drug-likeness (QED) is 0.628. The van der Waals surface area contributed by atoms with Gasteiger partial charge in [0.05, 0.1) is 25.4 Å². The molecule has 2 amide bonds. The molecule has 3 aliphatic rings. The SMILES string of the molecule is CCOC(=O)[C@H]1C[C@]2(CCCCN(CCO)C2=O)N(C(=O)CC2CCCC2)[C@H]1c1ccco1. The Labute approximate surface area is 195 Å². The van der Waals surface area contributed by atoms with Crippen molar-refractivity contribution in [2.24, 2.45) is 11.8 Å². The lowest BCUT2D eigenvalue weighted by Gasteiger charge is -2.41. The van der Waals surface area contributed by atoms with Crippen LogP contribution in [0.4, 0.5) is 0 Å². The third-order valence-corrected chi connectivity index (χ3v) is 7.63. The molecule has 1 aromatic heterocycles. The molecule has 33 heavy (non-hydrogen) atoms. The van der Waals surface area contributed by atoms with Crippen LogP contribution < -0.4 is 0 Å². The minimum atomic E-state index is -1.13. The Kier molecular flexibility index (Phi) is 7.41. The zero-order valence-corrected chi connectivity index (χ0v) is 19.5. The van der Waals surface area contributed by atoms with Gasteiger partial charge in [-0.05, 0) is 63.5 Å². The summed E-state index contributed by atoms with van der Waals surface area (Å²) in [5.41, 5.74) is -1.13. The van der Waals surface area contributed by atoms with E-state index in [9.17, 15) is 19.5 Å². The van der Waals surface area contributed by atoms with E-state index in [4.69, 9.17) is 9.15 Å². The summed E-state index contributed by atoms with van der Waals surface area (Å²) in [4.78, 5) is 44.4. The van der Waals surface area contributed by atoms with E-state index in [0.29, 0.717) is 31.1 Å². The van der Waals surface area contributed by atoms with Crippen molar-refractivity contribution in [3.05, 3.63) is 24.2 Å². The van der Waals surface area contributed by atoms with Crippen LogP contribution in [0.1, 0.15) is 76.5 Å². The molecular formula is C25H36N2O6. The van der Waals surface area contributed by atoms with Gasteiger partial charge in [-0.3, -0.25) is 14.4 Å². The van der Waals surface area contributed by atoms with Crippen LogP contribution >= 0.6 is 0 Å². The van der Waals surface area contributed by atoms with E-state index in [1.165, 1.54) is 6.26 Å². The molecule has 1 aliphatic carbocycles. The topological polar surface area (TPSA) is 100 Å². The molecule has 2 aliphatic heterocycles. The minimum absolute atomic E-state index is 0.0886. The maximum atomic E-state index is 14.0. The minimum Gasteiger partial charge on any atom is -0.467 e. The Bertz CT molecular complexity index is 834. The Balaban J connectivity index is 1.78. The summed E-state index contributed by atoms with van der Waals surface area (Å²) in [6.45, 7) is 2.61. The number of aliphatic hydroxyl groups excluding tert-OH is 1. The maximum absolute atomic E-state index is 14.0. The van der Waals surface area contributed by atoms with Crippen LogP contribution in [0, 0.1) is 11.8 Å². The van der Waals surface area contributed by atoms with Crippen molar-refractivity contribution in [1.82, 2.24) is 9.80 Å². The number of hydrogen-bond acceptors (Lipinski definition) is 6. The average Bonchev–Trinajstić information content (AvgIpc) is 3.54. The lowest BCUT2D eigenvalue weighted by atomic mass is 9.85. The molecule has 1 saturated carbocycles. The second-order valence-corrected chi connectivity index (χ2v) is 9.65. The average molecular weight is 461 g/mol. The molecule has 1 aromatic rings. The predicted octanol–water partition coefficient (Wildman–Crippen LogP) is 3.06. The number of β-amino-alcohol motifs (C(OH)–C–C–N with tert-alkyl or cyclic N) is 1. The Hall–Kier alpha value is -2.35. The van der Waals surface area contributed by atoms with E-state index in [1.807, 2.05) is 0 Å². The van der Waals surface area contributed by atoms with E-state index < -0.39 is 23.5 Å². The number of rotatable bonds is 7. The summed E-state index contributed by atoms with van der Waals surface area (Å²) in [6.07, 6.45) is 8.48. The first-order chi connectivity index (χ1) is 16.0. The van der Waals surface area contributed by atoms with Gasteiger partial charge in [0.2, 0.25) is 11.8 Å². The number of likely N-dealkylation sites (tertiary alicyclic amines) is 2. The number of carbonyl (C=O) groups is 3. The highest BCUT2D eigenvalue weighted by Crippen LogP contribution is 2.52. The van der Waals surface area contributed by atoms with E-state index in [1.54, 1.807) is 28.9 Å². The van der Waals surface area contributed by atoms with E-state index in [2.05, 4.69) is 0 Å². The molecule has 0 aromatic carbocycles. The van der Waals surface area contributed by atoms with Gasteiger partial charge in [-0.1, -0.05) is 12.8 Å². The lowest BCUT2D eigenvalue weighted by molar-refractivity contribution is -0.155. The van der Waals surface area contributed by atoms with Gasteiger partial charge in [0, 0.05) is 19.5 Å². The molecule has 3 atom stereocenters. The van der Waals surface area contributed by atoms with Crippen molar-refractivity contribution < 1.29 is 28.6 Å². The van der Waals surface area contributed by atoms with Gasteiger partial charge in [0.25, 0.3) is 0 Å². The predicted molar refractivity (Wildman–Crippen MR) is 120 cm³/mol. The first-order valence-corrected chi connectivity index (χ1v) is 12.4. The summed E-state index contributed by atoms with van der Waals surface area (Å²) in [5, 5.41) is 9.57. The Morgan fingerprint density at radius 1 is 1.24 bits per heavy atom. The summed E-state index contributed by atoms with van der Waals surface area (Å²) in [7, 11) is 0. The fraction of sp³-hybridized carbons (Fsp3) is 0.720. The maximum Gasteiger partial charge on any atom is 0.311 e. The highest BCUT2D eigenvalue weighted by molar-refractivity contribution is 5.94. The molecule has 182 valence electrons. The van der Waals surface area contributed by atoms with Gasteiger partial charge in [-0.2, -0.15) is 0 Å². The van der Waals surface area contributed by atoms with Crippen molar-refractivity contribution in [3.63, 3.8) is 0 Å². The van der Waals surface area contributed by atoms with Gasteiger partial charge < -0.3 is 24.1 Å². The Morgan fingerprint density at radius 2 is 2.03 bits per heavy atom. The fourth-order valence-corrected chi connectivity index (χ4v) is 6.19. The van der Waals surface area contributed by atoms with Gasteiger partial charge in [0.1, 0.15) is 17.3 Å². The normalized spacial score (nSPS) is 28.5. The third-order valence-electron chi connectivity index (χ3n) is 7.63. The molecule has 8 nitrogen and oxygen atoms in total. The smallest absolute Gasteiger partial charge is 0.311 e. The molecule has 0 bridgehead atoms. The summed E-state index contributed by atoms with van der Waals surface area (Å²) in [5.74, 6) is -0.522. The van der Waals surface area contributed by atoms with Gasteiger partial charge in [-0.25, -0.2) is 0 Å². The number of hydrogen-bond donors (Lipinski definition) is 1. The van der Waals surface area contributed by atoms with Crippen LogP contribution in [0.5, 0.6) is 0 Å². The molecule has 3 heterocycles. The number of amides is 2. The second kappa shape index (κ2) is 10.3. The van der Waals surface area contributed by atoms with Gasteiger partial charge >= 0.3 is 5.97 Å². The second-order valence-electron chi connectivity index (χ2n) is 9.65. The molecule has 0 unspecified atom stereocenters. The fourth-order valence-electron chi connectivity index (χ4n) is 6.19. The molecule has 4 rings (SSSR count). The van der Waals surface area contributed by atoms with Crippen molar-refractivity contribution in [2.75, 3.05) is 26.3 Å². The van der Waals surface area contributed by atoms with E-state index in [0.717, 1.165) is 38.5 Å². The Morgan fingerprint density at radius 3 is 2.70 bits per heavy atom. The van der Waals surface area contributed by atoms with Crippen molar-refractivity contribution >= 4 is 17.8 Å². The molecule has 8 heteroatoms. The summed E-state index contributed by atoms with van der Waals surface area (Å²) < 4.78 is 11.1. The number of esters is 1. The summed E-state index contributed by atoms with van der Waals surface area (Å²) >= 11 is 0. The van der Waals surface area contributed by atoms with Crippen LogP contribution in [0.25, 0.3) is 0 Å². The number of carbonyl (C=O) groups excluding carboxylic acids is 3. The zero-order valence-electron chi connectivity index (χ0n) is 19.5. The zero-order chi connectivity index (χ0) is 23.4. The van der Waals surface area contributed by atoms with Crippen molar-refractivity contribution in [3.8, 4) is 0 Å². The van der Waals surface area contributed by atoms with E-state index in [-0.39, 0.29) is 38.0 Å². The van der Waals surface area contributed by atoms with Crippen LogP contribution in [0.3, 0.4) is 0 Å². The van der Waals surface area contributed by atoms with Crippen molar-refractivity contribution in [2.45, 2.75) is 76.3 Å². The molecule has 2 saturated heterocycles. The number of ether oxygens (including phenoxy) is 1. The van der Waals surface area contributed by atoms with E-state index >= 15 is 0 Å². The first-order valence-electron chi connectivity index (χ1n) is 12.4. The molecule has 3 fully saturated rings. The molecule has 1 N–H and O–H groups in total.